The second-order valence-corrected chi connectivity index (χ2v) is 4.63. The molecule has 1 aromatic heterocycles. The van der Waals surface area contributed by atoms with Gasteiger partial charge in [-0.2, -0.15) is 0 Å². The lowest BCUT2D eigenvalue weighted by Gasteiger charge is -2.08. The quantitative estimate of drug-likeness (QED) is 0.628. The van der Waals surface area contributed by atoms with Crippen molar-refractivity contribution in [2.24, 2.45) is 0 Å². The molecule has 1 aliphatic heterocycles. The van der Waals surface area contributed by atoms with Gasteiger partial charge < -0.3 is 0 Å². The highest BCUT2D eigenvalue weighted by molar-refractivity contribution is 7.12. The summed E-state index contributed by atoms with van der Waals surface area (Å²) in [5, 5.41) is 1.96. The Kier molecular flexibility index (Phi) is 2.74. The van der Waals surface area contributed by atoms with Crippen molar-refractivity contribution in [1.82, 2.24) is 10.2 Å². The van der Waals surface area contributed by atoms with Gasteiger partial charge in [-0.05, 0) is 18.6 Å². The van der Waals surface area contributed by atoms with Crippen LogP contribution >= 0.6 is 11.3 Å². The first-order chi connectivity index (χ1) is 7.61. The molecule has 0 saturated carbocycles. The molecule has 1 aromatic rings. The lowest BCUT2D eigenvalue weighted by molar-refractivity contribution is -0.140. The van der Waals surface area contributed by atoms with E-state index in [-0.39, 0.29) is 6.54 Å². The fraction of sp³-hybridized carbons (Fsp3) is 0.300. The van der Waals surface area contributed by atoms with Crippen LogP contribution < -0.4 is 5.32 Å². The highest BCUT2D eigenvalue weighted by atomic mass is 32.1. The van der Waals surface area contributed by atoms with Crippen LogP contribution in [0.3, 0.4) is 0 Å². The van der Waals surface area contributed by atoms with Gasteiger partial charge in [0.2, 0.25) is 0 Å². The summed E-state index contributed by atoms with van der Waals surface area (Å²) in [5.74, 6) is -1.63. The zero-order valence-electron chi connectivity index (χ0n) is 8.65. The molecule has 0 aliphatic carbocycles. The van der Waals surface area contributed by atoms with Gasteiger partial charge in [0, 0.05) is 9.75 Å². The largest absolute Gasteiger partial charge is 0.331 e. The maximum absolute atomic E-state index is 11.3. The number of imide groups is 2. The molecular formula is C10H10N2O3S. The number of rotatable bonds is 3. The van der Waals surface area contributed by atoms with E-state index in [1.165, 1.54) is 16.2 Å². The van der Waals surface area contributed by atoms with Gasteiger partial charge in [-0.1, -0.05) is 6.92 Å². The van der Waals surface area contributed by atoms with Crippen molar-refractivity contribution in [3.8, 4) is 0 Å². The molecule has 6 heteroatoms. The van der Waals surface area contributed by atoms with Crippen LogP contribution in [0.15, 0.2) is 12.1 Å². The Morgan fingerprint density at radius 3 is 2.44 bits per heavy atom. The maximum atomic E-state index is 11.3. The Labute approximate surface area is 96.0 Å². The van der Waals surface area contributed by atoms with Crippen LogP contribution in [-0.2, 0) is 22.6 Å². The third-order valence-corrected chi connectivity index (χ3v) is 3.50. The fourth-order valence-electron chi connectivity index (χ4n) is 1.43. The summed E-state index contributed by atoms with van der Waals surface area (Å²) in [6.45, 7) is 2.20. The van der Waals surface area contributed by atoms with Crippen LogP contribution in [0.4, 0.5) is 4.79 Å². The van der Waals surface area contributed by atoms with Crippen molar-refractivity contribution in [3.05, 3.63) is 21.9 Å². The molecule has 1 N–H and O–H groups in total. The standard InChI is InChI=1S/C10H10N2O3S/c1-2-6-3-4-7(16-6)5-12-9(14)8(13)11-10(12)15/h3-4H,2,5H2,1H3,(H,11,13,15). The number of nitrogens with zero attached hydrogens (tertiary/aromatic N) is 1. The van der Waals surface area contributed by atoms with E-state index in [0.717, 1.165) is 16.2 Å². The number of hydrogen-bond donors (Lipinski definition) is 1. The Bertz CT molecular complexity index is 466. The Morgan fingerprint density at radius 2 is 1.94 bits per heavy atom. The smallest absolute Gasteiger partial charge is 0.269 e. The van der Waals surface area contributed by atoms with Crippen LogP contribution in [0.5, 0.6) is 0 Å². The van der Waals surface area contributed by atoms with Crippen molar-refractivity contribution in [1.29, 1.82) is 0 Å². The summed E-state index contributed by atoms with van der Waals surface area (Å²) >= 11 is 1.54. The second-order valence-electron chi connectivity index (χ2n) is 3.37. The zero-order valence-corrected chi connectivity index (χ0v) is 9.47. The molecule has 2 rings (SSSR count). The third-order valence-electron chi connectivity index (χ3n) is 2.28. The molecule has 0 bridgehead atoms. The van der Waals surface area contributed by atoms with Crippen molar-refractivity contribution in [2.75, 3.05) is 0 Å². The topological polar surface area (TPSA) is 66.5 Å². The summed E-state index contributed by atoms with van der Waals surface area (Å²) < 4.78 is 0. The predicted octanol–water partition coefficient (Wildman–Crippen LogP) is 0.889. The molecule has 0 spiro atoms. The minimum atomic E-state index is -0.850. The van der Waals surface area contributed by atoms with Crippen LogP contribution in [0.2, 0.25) is 0 Å². The maximum Gasteiger partial charge on any atom is 0.331 e. The number of nitrogens with one attached hydrogen (secondary N) is 1. The zero-order chi connectivity index (χ0) is 11.7. The molecule has 2 heterocycles. The molecule has 1 saturated heterocycles. The molecule has 0 unspecified atom stereocenters. The molecule has 1 fully saturated rings. The van der Waals surface area contributed by atoms with E-state index in [9.17, 15) is 14.4 Å². The van der Waals surface area contributed by atoms with Gasteiger partial charge in [-0.3, -0.25) is 19.8 Å². The number of urea groups is 1. The molecule has 1 aliphatic rings. The summed E-state index contributed by atoms with van der Waals surface area (Å²) in [7, 11) is 0. The Balaban J connectivity index is 2.12. The predicted molar refractivity (Wildman–Crippen MR) is 57.8 cm³/mol. The summed E-state index contributed by atoms with van der Waals surface area (Å²) in [5.41, 5.74) is 0. The lowest BCUT2D eigenvalue weighted by atomic mass is 10.3. The lowest BCUT2D eigenvalue weighted by Crippen LogP contribution is -2.29. The van der Waals surface area contributed by atoms with E-state index in [1.54, 1.807) is 0 Å². The van der Waals surface area contributed by atoms with Gasteiger partial charge >= 0.3 is 17.8 Å². The van der Waals surface area contributed by atoms with Crippen LogP contribution in [0.1, 0.15) is 16.7 Å². The number of carbonyl (C=O) groups excluding carboxylic acids is 3. The molecule has 5 nitrogen and oxygen atoms in total. The molecule has 0 aromatic carbocycles. The monoisotopic (exact) mass is 238 g/mol. The van der Waals surface area contributed by atoms with Gasteiger partial charge in [-0.25, -0.2) is 4.79 Å². The summed E-state index contributed by atoms with van der Waals surface area (Å²) in [4.78, 5) is 36.5. The van der Waals surface area contributed by atoms with E-state index in [1.807, 2.05) is 24.4 Å². The normalized spacial score (nSPS) is 15.8. The van der Waals surface area contributed by atoms with Crippen LogP contribution in [-0.4, -0.2) is 22.7 Å². The fourth-order valence-corrected chi connectivity index (χ4v) is 2.38. The minimum absolute atomic E-state index is 0.168. The van der Waals surface area contributed by atoms with Gasteiger partial charge in [-0.15, -0.1) is 11.3 Å². The van der Waals surface area contributed by atoms with Crippen LogP contribution in [0.25, 0.3) is 0 Å². The van der Waals surface area contributed by atoms with Crippen molar-refractivity contribution < 1.29 is 14.4 Å². The third kappa shape index (κ3) is 1.83. The average molecular weight is 238 g/mol. The van der Waals surface area contributed by atoms with Crippen molar-refractivity contribution >= 4 is 29.2 Å². The van der Waals surface area contributed by atoms with Gasteiger partial charge in [0.1, 0.15) is 0 Å². The van der Waals surface area contributed by atoms with Crippen LogP contribution in [0, 0.1) is 0 Å². The highest BCUT2D eigenvalue weighted by Crippen LogP contribution is 2.19. The summed E-state index contributed by atoms with van der Waals surface area (Å²) in [6, 6.07) is 3.19. The number of thiophene rings is 1. The Hall–Kier alpha value is -1.69. The number of amides is 4. The van der Waals surface area contributed by atoms with Gasteiger partial charge in [0.25, 0.3) is 0 Å². The van der Waals surface area contributed by atoms with E-state index in [4.69, 9.17) is 0 Å². The molecule has 4 amide bonds. The number of carbonyl (C=O) groups is 3. The molecule has 0 atom stereocenters. The second kappa shape index (κ2) is 4.05. The van der Waals surface area contributed by atoms with E-state index >= 15 is 0 Å². The molecule has 84 valence electrons. The SMILES string of the molecule is CCc1ccc(CN2C(=O)NC(=O)C2=O)s1. The first kappa shape index (κ1) is 10.8. The first-order valence-corrected chi connectivity index (χ1v) is 5.68. The number of hydrogen-bond acceptors (Lipinski definition) is 4. The van der Waals surface area contributed by atoms with E-state index < -0.39 is 17.8 Å². The van der Waals surface area contributed by atoms with Gasteiger partial charge in [0.05, 0.1) is 6.54 Å². The highest BCUT2D eigenvalue weighted by Gasteiger charge is 2.36. The molecule has 16 heavy (non-hydrogen) atoms. The van der Waals surface area contributed by atoms with Crippen molar-refractivity contribution in [2.45, 2.75) is 19.9 Å². The average Bonchev–Trinajstić information content (AvgIpc) is 2.80. The molecule has 0 radical (unpaired) electrons. The van der Waals surface area contributed by atoms with Gasteiger partial charge in [0.15, 0.2) is 0 Å². The van der Waals surface area contributed by atoms with E-state index in [0.29, 0.717) is 0 Å². The van der Waals surface area contributed by atoms with E-state index in [2.05, 4.69) is 0 Å². The number of aryl methyl sites for hydroxylation is 1. The first-order valence-electron chi connectivity index (χ1n) is 4.86. The summed E-state index contributed by atoms with van der Waals surface area (Å²) in [6.07, 6.45) is 0.920. The Morgan fingerprint density at radius 1 is 1.25 bits per heavy atom. The van der Waals surface area contributed by atoms with Crippen molar-refractivity contribution in [3.63, 3.8) is 0 Å². The minimum Gasteiger partial charge on any atom is -0.269 e. The molecular weight excluding hydrogens is 228 g/mol.